The first-order valence-corrected chi connectivity index (χ1v) is 6.57. The van der Waals surface area contributed by atoms with Crippen LogP contribution in [0.25, 0.3) is 0 Å². The third kappa shape index (κ3) is 3.60. The summed E-state index contributed by atoms with van der Waals surface area (Å²) in [4.78, 5) is 1.27. The van der Waals surface area contributed by atoms with Crippen LogP contribution >= 0.6 is 11.8 Å². The quantitative estimate of drug-likeness (QED) is 0.482. The van der Waals surface area contributed by atoms with Gasteiger partial charge in [0.15, 0.2) is 0 Å². The number of hydrogen-bond acceptors (Lipinski definition) is 3. The van der Waals surface area contributed by atoms with E-state index in [1.54, 1.807) is 11.8 Å². The zero-order valence-electron chi connectivity index (χ0n) is 9.54. The number of rotatable bonds is 5. The molecule has 0 aliphatic heterocycles. The molecule has 0 bridgehead atoms. The predicted octanol–water partition coefficient (Wildman–Crippen LogP) is 2.98. The Kier molecular flexibility index (Phi) is 4.62. The number of hydrogen-bond donors (Lipinski definition) is 2. The van der Waals surface area contributed by atoms with Crippen molar-refractivity contribution in [2.24, 2.45) is 5.84 Å². The zero-order chi connectivity index (χ0) is 11.9. The van der Waals surface area contributed by atoms with Crippen LogP contribution < -0.4 is 11.3 Å². The van der Waals surface area contributed by atoms with Crippen molar-refractivity contribution in [3.8, 4) is 0 Å². The highest BCUT2D eigenvalue weighted by Crippen LogP contribution is 2.23. The molecule has 0 fully saturated rings. The molecule has 1 unspecified atom stereocenters. The zero-order valence-corrected chi connectivity index (χ0v) is 10.4. The Morgan fingerprint density at radius 1 is 0.941 bits per heavy atom. The van der Waals surface area contributed by atoms with Gasteiger partial charge in [0.05, 0.1) is 6.04 Å². The molecule has 2 rings (SSSR count). The summed E-state index contributed by atoms with van der Waals surface area (Å²) in [5.74, 6) is 6.53. The fourth-order valence-electron chi connectivity index (χ4n) is 1.62. The Labute approximate surface area is 106 Å². The molecule has 1 atom stereocenters. The average molecular weight is 244 g/mol. The molecule has 2 nitrogen and oxygen atoms in total. The summed E-state index contributed by atoms with van der Waals surface area (Å²) in [7, 11) is 0. The van der Waals surface area contributed by atoms with Crippen LogP contribution in [0.5, 0.6) is 0 Å². The molecule has 2 aromatic rings. The van der Waals surface area contributed by atoms with E-state index in [9.17, 15) is 0 Å². The van der Waals surface area contributed by atoms with Gasteiger partial charge < -0.3 is 0 Å². The van der Waals surface area contributed by atoms with Crippen molar-refractivity contribution >= 4 is 11.8 Å². The summed E-state index contributed by atoms with van der Waals surface area (Å²) in [6.07, 6.45) is 0. The smallest absolute Gasteiger partial charge is 0.0553 e. The maximum atomic E-state index is 5.61. The van der Waals surface area contributed by atoms with E-state index in [1.807, 2.05) is 24.3 Å². The van der Waals surface area contributed by atoms with E-state index in [2.05, 4.69) is 41.8 Å². The number of benzene rings is 2. The molecule has 17 heavy (non-hydrogen) atoms. The Morgan fingerprint density at radius 3 is 2.12 bits per heavy atom. The van der Waals surface area contributed by atoms with E-state index in [0.29, 0.717) is 0 Å². The molecule has 0 heterocycles. The first-order valence-electron chi connectivity index (χ1n) is 5.59. The molecule has 2 aromatic carbocycles. The van der Waals surface area contributed by atoms with Gasteiger partial charge in [-0.1, -0.05) is 48.5 Å². The van der Waals surface area contributed by atoms with Gasteiger partial charge in [0, 0.05) is 10.6 Å². The molecule has 3 heteroatoms. The van der Waals surface area contributed by atoms with Crippen molar-refractivity contribution < 1.29 is 0 Å². The van der Waals surface area contributed by atoms with Gasteiger partial charge in [-0.05, 0) is 17.7 Å². The first-order chi connectivity index (χ1) is 8.40. The highest BCUT2D eigenvalue weighted by atomic mass is 32.2. The lowest BCUT2D eigenvalue weighted by Gasteiger charge is -2.15. The molecule has 0 aliphatic rings. The molecule has 3 N–H and O–H groups in total. The normalized spacial score (nSPS) is 12.3. The Bertz CT molecular complexity index is 430. The fourth-order valence-corrected chi connectivity index (χ4v) is 2.62. The summed E-state index contributed by atoms with van der Waals surface area (Å²) in [6.45, 7) is 0. The van der Waals surface area contributed by atoms with Gasteiger partial charge in [0.25, 0.3) is 0 Å². The van der Waals surface area contributed by atoms with Crippen LogP contribution in [0, 0.1) is 0 Å². The van der Waals surface area contributed by atoms with Crippen LogP contribution in [0.3, 0.4) is 0 Å². The largest absolute Gasteiger partial charge is 0.271 e. The molecule has 88 valence electrons. The lowest BCUT2D eigenvalue weighted by molar-refractivity contribution is 0.611. The van der Waals surface area contributed by atoms with Crippen molar-refractivity contribution in [2.75, 3.05) is 5.75 Å². The molecule has 0 saturated heterocycles. The van der Waals surface area contributed by atoms with Gasteiger partial charge in [-0.2, -0.15) is 0 Å². The average Bonchev–Trinajstić information content (AvgIpc) is 2.42. The van der Waals surface area contributed by atoms with Crippen molar-refractivity contribution in [3.05, 3.63) is 66.2 Å². The van der Waals surface area contributed by atoms with Gasteiger partial charge in [0.2, 0.25) is 0 Å². The second kappa shape index (κ2) is 6.45. The number of nitrogens with two attached hydrogens (primary N) is 1. The van der Waals surface area contributed by atoms with E-state index in [0.717, 1.165) is 5.75 Å². The van der Waals surface area contributed by atoms with Crippen molar-refractivity contribution in [3.63, 3.8) is 0 Å². The standard InChI is InChI=1S/C14H16N2S/c15-16-14(12-7-3-1-4-8-12)11-17-13-9-5-2-6-10-13/h1-10,14,16H,11,15H2. The van der Waals surface area contributed by atoms with Crippen LogP contribution in [-0.2, 0) is 0 Å². The Hall–Kier alpha value is -1.29. The van der Waals surface area contributed by atoms with Crippen molar-refractivity contribution in [1.82, 2.24) is 5.43 Å². The predicted molar refractivity (Wildman–Crippen MR) is 73.7 cm³/mol. The maximum Gasteiger partial charge on any atom is 0.0553 e. The summed E-state index contributed by atoms with van der Waals surface area (Å²) >= 11 is 1.81. The van der Waals surface area contributed by atoms with Gasteiger partial charge in [-0.25, -0.2) is 0 Å². The number of thioether (sulfide) groups is 1. The minimum atomic E-state index is 0.182. The molecular formula is C14H16N2S. The Balaban J connectivity index is 1.97. The summed E-state index contributed by atoms with van der Waals surface area (Å²) in [5.41, 5.74) is 4.09. The number of hydrazine groups is 1. The van der Waals surface area contributed by atoms with E-state index in [-0.39, 0.29) is 6.04 Å². The van der Waals surface area contributed by atoms with E-state index in [1.165, 1.54) is 10.5 Å². The van der Waals surface area contributed by atoms with Crippen molar-refractivity contribution in [1.29, 1.82) is 0 Å². The van der Waals surface area contributed by atoms with Crippen molar-refractivity contribution in [2.45, 2.75) is 10.9 Å². The van der Waals surface area contributed by atoms with Gasteiger partial charge in [-0.3, -0.25) is 11.3 Å². The van der Waals surface area contributed by atoms with Gasteiger partial charge in [0.1, 0.15) is 0 Å². The van der Waals surface area contributed by atoms with Crippen LogP contribution in [0.1, 0.15) is 11.6 Å². The maximum absolute atomic E-state index is 5.61. The molecule has 0 aliphatic carbocycles. The van der Waals surface area contributed by atoms with Crippen LogP contribution in [0.15, 0.2) is 65.6 Å². The summed E-state index contributed by atoms with van der Waals surface area (Å²) in [5, 5.41) is 0. The minimum absolute atomic E-state index is 0.182. The summed E-state index contributed by atoms with van der Waals surface area (Å²) < 4.78 is 0. The number of nitrogens with one attached hydrogen (secondary N) is 1. The molecule has 0 radical (unpaired) electrons. The lowest BCUT2D eigenvalue weighted by atomic mass is 10.1. The van der Waals surface area contributed by atoms with Gasteiger partial charge >= 0.3 is 0 Å². The topological polar surface area (TPSA) is 38.0 Å². The molecular weight excluding hydrogens is 228 g/mol. The third-order valence-electron chi connectivity index (χ3n) is 2.56. The van der Waals surface area contributed by atoms with Crippen LogP contribution in [0.4, 0.5) is 0 Å². The monoisotopic (exact) mass is 244 g/mol. The lowest BCUT2D eigenvalue weighted by Crippen LogP contribution is -2.29. The second-order valence-corrected chi connectivity index (χ2v) is 4.85. The third-order valence-corrected chi connectivity index (χ3v) is 3.67. The van der Waals surface area contributed by atoms with Crippen LogP contribution in [0.2, 0.25) is 0 Å². The van der Waals surface area contributed by atoms with E-state index >= 15 is 0 Å². The molecule has 0 amide bonds. The molecule has 0 spiro atoms. The SMILES string of the molecule is NNC(CSc1ccccc1)c1ccccc1. The molecule has 0 saturated carbocycles. The van der Waals surface area contributed by atoms with Gasteiger partial charge in [-0.15, -0.1) is 11.8 Å². The Morgan fingerprint density at radius 2 is 1.53 bits per heavy atom. The highest BCUT2D eigenvalue weighted by Gasteiger charge is 2.09. The highest BCUT2D eigenvalue weighted by molar-refractivity contribution is 7.99. The fraction of sp³-hybridized carbons (Fsp3) is 0.143. The van der Waals surface area contributed by atoms with E-state index < -0.39 is 0 Å². The minimum Gasteiger partial charge on any atom is -0.271 e. The van der Waals surface area contributed by atoms with Crippen LogP contribution in [-0.4, -0.2) is 5.75 Å². The first kappa shape index (κ1) is 12.2. The molecule has 0 aromatic heterocycles. The van der Waals surface area contributed by atoms with E-state index in [4.69, 9.17) is 5.84 Å². The summed E-state index contributed by atoms with van der Waals surface area (Å²) in [6, 6.07) is 20.8. The second-order valence-electron chi connectivity index (χ2n) is 3.75.